The molecule has 2 rings (SSSR count). The maximum absolute atomic E-state index is 12.1. The molecule has 120 valence electrons. The van der Waals surface area contributed by atoms with E-state index in [4.69, 9.17) is 14.2 Å². The van der Waals surface area contributed by atoms with Crippen LogP contribution in [0.5, 0.6) is 17.2 Å². The predicted molar refractivity (Wildman–Crippen MR) is 90.2 cm³/mol. The fourth-order valence-electron chi connectivity index (χ4n) is 2.03. The molecular formula is C18H19NO4. The Morgan fingerprint density at radius 1 is 0.957 bits per heavy atom. The molecule has 0 atom stereocenters. The quantitative estimate of drug-likeness (QED) is 0.831. The van der Waals surface area contributed by atoms with Crippen LogP contribution in [0.1, 0.15) is 5.56 Å². The highest BCUT2D eigenvalue weighted by Gasteiger charge is 2.04. The van der Waals surface area contributed by atoms with Crippen LogP contribution in [0.15, 0.2) is 48.5 Å². The van der Waals surface area contributed by atoms with E-state index in [9.17, 15) is 4.79 Å². The molecule has 1 amide bonds. The molecule has 0 spiro atoms. The van der Waals surface area contributed by atoms with Crippen LogP contribution in [0.3, 0.4) is 0 Å². The number of para-hydroxylation sites is 1. The lowest BCUT2D eigenvalue weighted by Crippen LogP contribution is -2.08. The molecule has 0 saturated heterocycles. The van der Waals surface area contributed by atoms with Crippen molar-refractivity contribution in [1.82, 2.24) is 0 Å². The Kier molecular flexibility index (Phi) is 5.63. The lowest BCUT2D eigenvalue weighted by atomic mass is 10.2. The number of carbonyl (C=O) groups excluding carboxylic acids is 1. The smallest absolute Gasteiger partial charge is 0.248 e. The summed E-state index contributed by atoms with van der Waals surface area (Å²) < 4.78 is 15.6. The van der Waals surface area contributed by atoms with Gasteiger partial charge in [0.1, 0.15) is 17.2 Å². The molecule has 0 aliphatic carbocycles. The molecule has 2 aromatic rings. The molecule has 2 aromatic carbocycles. The minimum atomic E-state index is -0.258. The van der Waals surface area contributed by atoms with E-state index >= 15 is 0 Å². The predicted octanol–water partition coefficient (Wildman–Crippen LogP) is 3.36. The Balaban J connectivity index is 2.11. The van der Waals surface area contributed by atoms with Gasteiger partial charge in [-0.25, -0.2) is 0 Å². The van der Waals surface area contributed by atoms with Gasteiger partial charge in [-0.3, -0.25) is 4.79 Å². The number of benzene rings is 2. The zero-order chi connectivity index (χ0) is 16.7. The van der Waals surface area contributed by atoms with E-state index in [1.54, 1.807) is 45.6 Å². The number of hydrogen-bond acceptors (Lipinski definition) is 4. The fourth-order valence-corrected chi connectivity index (χ4v) is 2.03. The number of amides is 1. The van der Waals surface area contributed by atoms with Crippen LogP contribution in [0.4, 0.5) is 5.69 Å². The van der Waals surface area contributed by atoms with Crippen molar-refractivity contribution in [2.75, 3.05) is 26.6 Å². The molecule has 0 heterocycles. The molecule has 0 aliphatic heterocycles. The minimum absolute atomic E-state index is 0.258. The molecule has 0 aliphatic rings. The van der Waals surface area contributed by atoms with Gasteiger partial charge < -0.3 is 19.5 Å². The van der Waals surface area contributed by atoms with Crippen LogP contribution in [-0.4, -0.2) is 27.2 Å². The van der Waals surface area contributed by atoms with Gasteiger partial charge in [0.15, 0.2) is 0 Å². The Hall–Kier alpha value is -2.95. The van der Waals surface area contributed by atoms with E-state index in [0.717, 1.165) is 5.56 Å². The summed E-state index contributed by atoms with van der Waals surface area (Å²) in [6.45, 7) is 0. The molecule has 0 aromatic heterocycles. The monoisotopic (exact) mass is 313 g/mol. The first-order chi connectivity index (χ1) is 11.2. The normalized spacial score (nSPS) is 10.4. The summed E-state index contributed by atoms with van der Waals surface area (Å²) in [5, 5.41) is 2.77. The Morgan fingerprint density at radius 3 is 2.22 bits per heavy atom. The number of methoxy groups -OCH3 is 3. The Bertz CT molecular complexity index is 688. The van der Waals surface area contributed by atoms with Crippen molar-refractivity contribution < 1.29 is 19.0 Å². The highest BCUT2D eigenvalue weighted by molar-refractivity contribution is 6.02. The fraction of sp³-hybridized carbons (Fsp3) is 0.167. The molecule has 0 fully saturated rings. The maximum Gasteiger partial charge on any atom is 0.248 e. The molecular weight excluding hydrogens is 294 g/mol. The van der Waals surface area contributed by atoms with Gasteiger partial charge in [-0.1, -0.05) is 18.2 Å². The second-order valence-corrected chi connectivity index (χ2v) is 4.67. The van der Waals surface area contributed by atoms with Gasteiger partial charge in [-0.05, 0) is 12.1 Å². The molecule has 0 radical (unpaired) electrons. The van der Waals surface area contributed by atoms with Crippen molar-refractivity contribution in [1.29, 1.82) is 0 Å². The van der Waals surface area contributed by atoms with Crippen LogP contribution in [-0.2, 0) is 4.79 Å². The minimum Gasteiger partial charge on any atom is -0.497 e. The number of rotatable bonds is 6. The summed E-state index contributed by atoms with van der Waals surface area (Å²) in [5.41, 5.74) is 1.42. The van der Waals surface area contributed by atoms with Gasteiger partial charge in [0.05, 0.1) is 21.3 Å². The van der Waals surface area contributed by atoms with Crippen molar-refractivity contribution in [2.45, 2.75) is 0 Å². The number of nitrogens with one attached hydrogen (secondary N) is 1. The van der Waals surface area contributed by atoms with Gasteiger partial charge in [0.2, 0.25) is 5.91 Å². The van der Waals surface area contributed by atoms with Gasteiger partial charge in [0, 0.05) is 35.5 Å². The third-order valence-electron chi connectivity index (χ3n) is 3.17. The molecule has 23 heavy (non-hydrogen) atoms. The molecule has 1 N–H and O–H groups in total. The van der Waals surface area contributed by atoms with Crippen molar-refractivity contribution in [3.8, 4) is 17.2 Å². The summed E-state index contributed by atoms with van der Waals surface area (Å²) in [5.74, 6) is 1.66. The molecule has 5 heteroatoms. The van der Waals surface area contributed by atoms with Crippen molar-refractivity contribution in [3.05, 3.63) is 54.1 Å². The van der Waals surface area contributed by atoms with Gasteiger partial charge >= 0.3 is 0 Å². The number of anilines is 1. The van der Waals surface area contributed by atoms with Crippen LogP contribution < -0.4 is 19.5 Å². The average molecular weight is 313 g/mol. The largest absolute Gasteiger partial charge is 0.497 e. The van der Waals surface area contributed by atoms with E-state index in [-0.39, 0.29) is 5.91 Å². The first-order valence-electron chi connectivity index (χ1n) is 7.01. The van der Waals surface area contributed by atoms with Gasteiger partial charge in [-0.2, -0.15) is 0 Å². The molecule has 0 unspecified atom stereocenters. The van der Waals surface area contributed by atoms with E-state index in [1.807, 2.05) is 24.3 Å². The highest BCUT2D eigenvalue weighted by Crippen LogP contribution is 2.26. The lowest BCUT2D eigenvalue weighted by Gasteiger charge is -2.08. The lowest BCUT2D eigenvalue weighted by molar-refractivity contribution is -0.111. The van der Waals surface area contributed by atoms with Crippen molar-refractivity contribution >= 4 is 17.7 Å². The zero-order valence-electron chi connectivity index (χ0n) is 13.3. The van der Waals surface area contributed by atoms with Crippen LogP contribution in [0.25, 0.3) is 6.08 Å². The van der Waals surface area contributed by atoms with Gasteiger partial charge in [-0.15, -0.1) is 0 Å². The molecule has 5 nitrogen and oxygen atoms in total. The number of carbonyl (C=O) groups is 1. The maximum atomic E-state index is 12.1. The van der Waals surface area contributed by atoms with E-state index in [2.05, 4.69) is 5.32 Å². The number of ether oxygens (including phenoxy) is 3. The summed E-state index contributed by atoms with van der Waals surface area (Å²) >= 11 is 0. The van der Waals surface area contributed by atoms with Crippen LogP contribution in [0, 0.1) is 0 Å². The SMILES string of the molecule is COc1cc(NC(=O)/C=C/c2ccccc2OC)cc(OC)c1. The summed E-state index contributed by atoms with van der Waals surface area (Å²) in [4.78, 5) is 12.1. The van der Waals surface area contributed by atoms with Gasteiger partial charge in [0.25, 0.3) is 0 Å². The number of hydrogen-bond donors (Lipinski definition) is 1. The van der Waals surface area contributed by atoms with Crippen molar-refractivity contribution in [2.24, 2.45) is 0 Å². The van der Waals surface area contributed by atoms with Crippen LogP contribution in [0.2, 0.25) is 0 Å². The first kappa shape index (κ1) is 16.4. The standard InChI is InChI=1S/C18H19NO4/c1-21-15-10-14(11-16(12-15)22-2)19-18(20)9-8-13-6-4-5-7-17(13)23-3/h4-12H,1-3H3,(H,19,20)/b9-8+. The molecule has 0 bridgehead atoms. The summed E-state index contributed by atoms with van der Waals surface area (Å²) in [6, 6.07) is 12.6. The van der Waals surface area contributed by atoms with Crippen LogP contribution >= 0.6 is 0 Å². The Morgan fingerprint density at radius 2 is 1.61 bits per heavy atom. The highest BCUT2D eigenvalue weighted by atomic mass is 16.5. The second-order valence-electron chi connectivity index (χ2n) is 4.67. The van der Waals surface area contributed by atoms with E-state index in [0.29, 0.717) is 22.9 Å². The zero-order valence-corrected chi connectivity index (χ0v) is 13.3. The molecule has 0 saturated carbocycles. The summed E-state index contributed by atoms with van der Waals surface area (Å²) in [6.07, 6.45) is 3.15. The third-order valence-corrected chi connectivity index (χ3v) is 3.17. The average Bonchev–Trinajstić information content (AvgIpc) is 2.59. The first-order valence-corrected chi connectivity index (χ1v) is 7.01. The van der Waals surface area contributed by atoms with E-state index < -0.39 is 0 Å². The Labute approximate surface area is 135 Å². The topological polar surface area (TPSA) is 56.8 Å². The second kappa shape index (κ2) is 7.89. The van der Waals surface area contributed by atoms with E-state index in [1.165, 1.54) is 6.08 Å². The third kappa shape index (κ3) is 4.51. The summed E-state index contributed by atoms with van der Waals surface area (Å²) in [7, 11) is 4.71. The van der Waals surface area contributed by atoms with Crippen molar-refractivity contribution in [3.63, 3.8) is 0 Å².